The number of nitrogens with zero attached hydrogens (tertiary/aromatic N) is 5. The number of aromatic nitrogens is 3. The first-order valence-electron chi connectivity index (χ1n) is 9.43. The second kappa shape index (κ2) is 7.38. The molecule has 2 saturated heterocycles. The molecule has 3 heterocycles. The highest BCUT2D eigenvalue weighted by Gasteiger charge is 2.25. The molecule has 0 spiro atoms. The van der Waals surface area contributed by atoms with Crippen molar-refractivity contribution >= 4 is 23.3 Å². The summed E-state index contributed by atoms with van der Waals surface area (Å²) in [4.78, 5) is 28.2. The molecule has 2 aliphatic heterocycles. The maximum Gasteiger partial charge on any atom is 0.321 e. The number of urea groups is 1. The van der Waals surface area contributed by atoms with E-state index in [4.69, 9.17) is 0 Å². The molecule has 0 radical (unpaired) electrons. The lowest BCUT2D eigenvalue weighted by Crippen LogP contribution is -2.41. The number of likely N-dealkylation sites (tertiary alicyclic amines) is 1. The molecule has 1 aromatic heterocycles. The van der Waals surface area contributed by atoms with Gasteiger partial charge in [0.2, 0.25) is 5.91 Å². The van der Waals surface area contributed by atoms with Crippen molar-refractivity contribution in [2.75, 3.05) is 29.9 Å². The minimum absolute atomic E-state index is 0.0818. The highest BCUT2D eigenvalue weighted by Crippen LogP contribution is 2.28. The molecular formula is C19H24N6O2. The van der Waals surface area contributed by atoms with E-state index in [2.05, 4.69) is 15.5 Å². The Labute approximate surface area is 158 Å². The largest absolute Gasteiger partial charge is 0.324 e. The molecule has 0 saturated carbocycles. The zero-order valence-corrected chi connectivity index (χ0v) is 15.5. The van der Waals surface area contributed by atoms with Crippen molar-refractivity contribution in [2.24, 2.45) is 0 Å². The number of hydrogen-bond donors (Lipinski definition) is 1. The van der Waals surface area contributed by atoms with Crippen LogP contribution >= 0.6 is 0 Å². The molecule has 2 fully saturated rings. The molecule has 142 valence electrons. The zero-order chi connectivity index (χ0) is 18.8. The lowest BCUT2D eigenvalue weighted by Gasteiger charge is -2.32. The summed E-state index contributed by atoms with van der Waals surface area (Å²) in [5, 5.41) is 10.7. The Balaban J connectivity index is 1.36. The second-order valence-corrected chi connectivity index (χ2v) is 7.21. The number of rotatable bonds is 3. The Morgan fingerprint density at radius 1 is 1.15 bits per heavy atom. The Hall–Kier alpha value is -2.90. The minimum atomic E-state index is -0.0818. The first-order valence-corrected chi connectivity index (χ1v) is 9.43. The molecule has 2 aliphatic rings. The summed E-state index contributed by atoms with van der Waals surface area (Å²) in [5.41, 5.74) is 2.69. The summed E-state index contributed by atoms with van der Waals surface area (Å²) in [7, 11) is 0. The van der Waals surface area contributed by atoms with Crippen molar-refractivity contribution in [3.8, 4) is 0 Å². The number of carbonyl (C=O) groups excluding carboxylic acids is 2. The number of aryl methyl sites for hydroxylation is 1. The summed E-state index contributed by atoms with van der Waals surface area (Å²) in [5.74, 6) is 0.172. The maximum absolute atomic E-state index is 12.6. The lowest BCUT2D eigenvalue weighted by molar-refractivity contribution is -0.117. The van der Waals surface area contributed by atoms with E-state index in [0.717, 1.165) is 42.7 Å². The monoisotopic (exact) mass is 368 g/mol. The standard InChI is InChI=1S/C19H24N6O2/c1-14-11-15(4-5-17(14)25-8-2-3-18(25)26)22-19(27)23-9-6-16(7-10-23)24-12-20-21-13-24/h4-5,11-13,16H,2-3,6-10H2,1H3,(H,22,27). The highest BCUT2D eigenvalue weighted by molar-refractivity contribution is 5.96. The summed E-state index contributed by atoms with van der Waals surface area (Å²) >= 11 is 0. The van der Waals surface area contributed by atoms with Gasteiger partial charge in [0.1, 0.15) is 12.7 Å². The predicted octanol–water partition coefficient (Wildman–Crippen LogP) is 2.58. The summed E-state index contributed by atoms with van der Waals surface area (Å²) < 4.78 is 2.01. The fourth-order valence-corrected chi connectivity index (χ4v) is 3.91. The van der Waals surface area contributed by atoms with Gasteiger partial charge in [-0.15, -0.1) is 10.2 Å². The number of anilines is 2. The van der Waals surface area contributed by atoms with Crippen LogP contribution in [0, 0.1) is 6.92 Å². The molecule has 27 heavy (non-hydrogen) atoms. The molecule has 0 unspecified atom stereocenters. The summed E-state index contributed by atoms with van der Waals surface area (Å²) in [6, 6.07) is 6.00. The van der Waals surface area contributed by atoms with E-state index in [1.54, 1.807) is 12.7 Å². The molecule has 2 aromatic rings. The van der Waals surface area contributed by atoms with Gasteiger partial charge < -0.3 is 19.7 Å². The van der Waals surface area contributed by atoms with Crippen LogP contribution in [0.15, 0.2) is 30.9 Å². The molecule has 0 aliphatic carbocycles. The molecule has 3 amide bonds. The minimum Gasteiger partial charge on any atom is -0.324 e. The smallest absolute Gasteiger partial charge is 0.321 e. The zero-order valence-electron chi connectivity index (χ0n) is 15.5. The average molecular weight is 368 g/mol. The predicted molar refractivity (Wildman–Crippen MR) is 102 cm³/mol. The van der Waals surface area contributed by atoms with E-state index in [0.29, 0.717) is 25.6 Å². The van der Waals surface area contributed by atoms with E-state index in [-0.39, 0.29) is 11.9 Å². The SMILES string of the molecule is Cc1cc(NC(=O)N2CCC(n3cnnc3)CC2)ccc1N1CCCC1=O. The van der Waals surface area contributed by atoms with Gasteiger partial charge in [-0.3, -0.25) is 4.79 Å². The summed E-state index contributed by atoms with van der Waals surface area (Å²) in [6.45, 7) is 4.15. The number of hydrogen-bond acceptors (Lipinski definition) is 4. The van der Waals surface area contributed by atoms with Gasteiger partial charge in [0.25, 0.3) is 0 Å². The molecule has 1 aromatic carbocycles. The van der Waals surface area contributed by atoms with Crippen LogP contribution in [0.25, 0.3) is 0 Å². The van der Waals surface area contributed by atoms with Gasteiger partial charge in [-0.25, -0.2) is 4.79 Å². The topological polar surface area (TPSA) is 83.4 Å². The molecule has 1 N–H and O–H groups in total. The first-order chi connectivity index (χ1) is 13.1. The Bertz CT molecular complexity index is 827. The van der Waals surface area contributed by atoms with Crippen LogP contribution in [0.3, 0.4) is 0 Å². The van der Waals surface area contributed by atoms with E-state index in [1.807, 2.05) is 39.5 Å². The van der Waals surface area contributed by atoms with E-state index in [1.165, 1.54) is 0 Å². The van der Waals surface area contributed by atoms with Gasteiger partial charge in [0.05, 0.1) is 0 Å². The number of carbonyl (C=O) groups is 2. The van der Waals surface area contributed by atoms with Crippen molar-refractivity contribution in [2.45, 2.75) is 38.6 Å². The highest BCUT2D eigenvalue weighted by atomic mass is 16.2. The van der Waals surface area contributed by atoms with E-state index >= 15 is 0 Å². The van der Waals surface area contributed by atoms with E-state index in [9.17, 15) is 9.59 Å². The van der Waals surface area contributed by atoms with E-state index < -0.39 is 0 Å². The average Bonchev–Trinajstić information content (AvgIpc) is 3.34. The van der Waals surface area contributed by atoms with Crippen molar-refractivity contribution in [3.63, 3.8) is 0 Å². The third-order valence-corrected chi connectivity index (χ3v) is 5.42. The van der Waals surface area contributed by atoms with Crippen LogP contribution in [0.5, 0.6) is 0 Å². The van der Waals surface area contributed by atoms with Gasteiger partial charge in [0.15, 0.2) is 0 Å². The van der Waals surface area contributed by atoms with Crippen LogP contribution < -0.4 is 10.2 Å². The number of amides is 3. The Morgan fingerprint density at radius 2 is 1.89 bits per heavy atom. The summed E-state index contributed by atoms with van der Waals surface area (Å²) in [6.07, 6.45) is 6.76. The van der Waals surface area contributed by atoms with Crippen molar-refractivity contribution in [1.82, 2.24) is 19.7 Å². The van der Waals surface area contributed by atoms with Gasteiger partial charge >= 0.3 is 6.03 Å². The maximum atomic E-state index is 12.6. The van der Waals surface area contributed by atoms with Gasteiger partial charge in [-0.2, -0.15) is 0 Å². The third kappa shape index (κ3) is 3.65. The van der Waals surface area contributed by atoms with Crippen molar-refractivity contribution < 1.29 is 9.59 Å². The quantitative estimate of drug-likeness (QED) is 0.903. The second-order valence-electron chi connectivity index (χ2n) is 7.21. The van der Waals surface area contributed by atoms with Crippen LogP contribution in [-0.4, -0.2) is 51.2 Å². The van der Waals surface area contributed by atoms with Gasteiger partial charge in [0, 0.05) is 43.5 Å². The molecule has 8 heteroatoms. The van der Waals surface area contributed by atoms with Crippen LogP contribution in [0.4, 0.5) is 16.2 Å². The van der Waals surface area contributed by atoms with Crippen molar-refractivity contribution in [3.05, 3.63) is 36.4 Å². The lowest BCUT2D eigenvalue weighted by atomic mass is 10.1. The van der Waals surface area contributed by atoms with Crippen LogP contribution in [0.2, 0.25) is 0 Å². The van der Waals surface area contributed by atoms with Crippen LogP contribution in [0.1, 0.15) is 37.3 Å². The molecule has 0 atom stereocenters. The first kappa shape index (κ1) is 17.5. The molecule has 0 bridgehead atoms. The number of nitrogens with one attached hydrogen (secondary N) is 1. The van der Waals surface area contributed by atoms with Crippen LogP contribution in [-0.2, 0) is 4.79 Å². The third-order valence-electron chi connectivity index (χ3n) is 5.42. The number of benzene rings is 1. The fraction of sp³-hybridized carbons (Fsp3) is 0.474. The fourth-order valence-electron chi connectivity index (χ4n) is 3.91. The van der Waals surface area contributed by atoms with Gasteiger partial charge in [-0.05, 0) is 49.9 Å². The Kier molecular flexibility index (Phi) is 4.79. The van der Waals surface area contributed by atoms with Gasteiger partial charge in [-0.1, -0.05) is 0 Å². The molecular weight excluding hydrogens is 344 g/mol. The molecule has 4 rings (SSSR count). The number of piperidine rings is 1. The van der Waals surface area contributed by atoms with Crippen molar-refractivity contribution in [1.29, 1.82) is 0 Å². The Morgan fingerprint density at radius 3 is 2.52 bits per heavy atom. The normalized spacial score (nSPS) is 18.2. The molecule has 8 nitrogen and oxygen atoms in total.